The minimum Gasteiger partial charge on any atom is -0.490 e. The summed E-state index contributed by atoms with van der Waals surface area (Å²) in [4.78, 5) is 11.9. The Hall–Kier alpha value is -3.87. The summed E-state index contributed by atoms with van der Waals surface area (Å²) in [6, 6.07) is 0. The Morgan fingerprint density at radius 3 is 2.40 bits per heavy atom. The number of aromatic nitrogens is 2. The van der Waals surface area contributed by atoms with Gasteiger partial charge in [0.05, 0.1) is 6.54 Å². The van der Waals surface area contributed by atoms with Crippen LogP contribution in [0.5, 0.6) is 0 Å². The van der Waals surface area contributed by atoms with Crippen LogP contribution < -0.4 is 11.1 Å². The molecule has 1 atom stereocenters. The number of piperidine rings is 1. The fraction of sp³-hybridized carbons (Fsp3) is 0.467. The van der Waals surface area contributed by atoms with Crippen molar-refractivity contribution in [2.24, 2.45) is 0 Å². The molecule has 3 heterocycles. The Kier molecular flexibility index (Phi) is 16.7. The molecule has 0 aromatic carbocycles. The van der Waals surface area contributed by atoms with Crippen LogP contribution in [0.15, 0.2) is 85.5 Å². The number of rotatable bonds is 11. The lowest BCUT2D eigenvalue weighted by Gasteiger charge is -2.32. The van der Waals surface area contributed by atoms with Crippen molar-refractivity contribution in [3.8, 4) is 0 Å². The standard InChI is InChI=1S/C25H32F5N7O.C3H6.C2H6/c1-3-19(38-20-8-12-36(13-9-20)16-18-14-33-24(31)34-15-18)6-4-10-32-23-21(7-5-11-35(23)2)37(30)17-22(26)25(27,28)29;1-3-2;1-2/h3-7,10,14-15,20,22,32H,1,8-9,11-13,16-17H2,2H3,(H2,31,33,34);3H,1H2,2H3;1-2H3/b10-4+,19-6+;;. The number of alkyl halides is 4. The van der Waals surface area contributed by atoms with Gasteiger partial charge in [-0.2, -0.15) is 13.2 Å². The van der Waals surface area contributed by atoms with E-state index in [0.29, 0.717) is 12.3 Å². The maximum Gasteiger partial charge on any atom is 0.421 e. The second-order valence-electron chi connectivity index (χ2n) is 9.30. The number of ether oxygens (including phenoxy) is 1. The van der Waals surface area contributed by atoms with E-state index < -0.39 is 18.9 Å². The molecule has 0 radical (unpaired) electrons. The van der Waals surface area contributed by atoms with E-state index in [4.69, 9.17) is 10.5 Å². The second-order valence-corrected chi connectivity index (χ2v) is 9.30. The van der Waals surface area contributed by atoms with Crippen molar-refractivity contribution in [1.29, 1.82) is 0 Å². The third kappa shape index (κ3) is 13.3. The molecule has 2 aliphatic heterocycles. The number of anilines is 1. The molecule has 3 N–H and O–H groups in total. The Balaban J connectivity index is 0.00000174. The van der Waals surface area contributed by atoms with E-state index in [0.717, 1.165) is 38.0 Å². The average Bonchev–Trinajstić information content (AvgIpc) is 2.98. The first-order valence-corrected chi connectivity index (χ1v) is 14.0. The summed E-state index contributed by atoms with van der Waals surface area (Å²) < 4.78 is 71.4. The molecule has 3 rings (SSSR count). The van der Waals surface area contributed by atoms with Gasteiger partial charge in [0.15, 0.2) is 0 Å². The van der Waals surface area contributed by atoms with Crippen LogP contribution in [0.25, 0.3) is 0 Å². The van der Waals surface area contributed by atoms with Gasteiger partial charge in [-0.25, -0.2) is 19.5 Å². The zero-order valence-electron chi connectivity index (χ0n) is 25.3. The van der Waals surface area contributed by atoms with Crippen molar-refractivity contribution in [2.45, 2.75) is 58.6 Å². The Bertz CT molecular complexity index is 1100. The van der Waals surface area contributed by atoms with Gasteiger partial charge in [-0.3, -0.25) is 4.90 Å². The smallest absolute Gasteiger partial charge is 0.421 e. The van der Waals surface area contributed by atoms with Gasteiger partial charge in [0, 0.05) is 57.4 Å². The lowest BCUT2D eigenvalue weighted by molar-refractivity contribution is -0.191. The number of nitrogens with two attached hydrogens (primary N) is 1. The highest BCUT2D eigenvalue weighted by molar-refractivity contribution is 5.28. The molecule has 1 aromatic heterocycles. The maximum atomic E-state index is 14.4. The molecule has 0 aliphatic carbocycles. The summed E-state index contributed by atoms with van der Waals surface area (Å²) in [6.07, 6.45) is 7.58. The molecule has 1 fully saturated rings. The van der Waals surface area contributed by atoms with Crippen LogP contribution >= 0.6 is 0 Å². The van der Waals surface area contributed by atoms with E-state index in [9.17, 15) is 22.0 Å². The quantitative estimate of drug-likeness (QED) is 0.101. The number of nitrogens with zero attached hydrogens (tertiary/aromatic N) is 5. The fourth-order valence-electron chi connectivity index (χ4n) is 3.92. The van der Waals surface area contributed by atoms with Crippen LogP contribution in [0.3, 0.4) is 0 Å². The molecule has 1 unspecified atom stereocenters. The van der Waals surface area contributed by atoms with Gasteiger partial charge in [0.25, 0.3) is 0 Å². The van der Waals surface area contributed by atoms with Crippen LogP contribution in [0.4, 0.5) is 28.0 Å². The minimum absolute atomic E-state index is 0.00540. The Morgan fingerprint density at radius 1 is 1.23 bits per heavy atom. The number of allylic oxidation sites excluding steroid dienone is 5. The lowest BCUT2D eigenvalue weighted by Crippen LogP contribution is -2.38. The van der Waals surface area contributed by atoms with Crippen molar-refractivity contribution in [1.82, 2.24) is 30.2 Å². The summed E-state index contributed by atoms with van der Waals surface area (Å²) in [5.41, 5.74) is 6.30. The number of hydrogen-bond donors (Lipinski definition) is 2. The molecule has 43 heavy (non-hydrogen) atoms. The number of halogens is 5. The summed E-state index contributed by atoms with van der Waals surface area (Å²) >= 11 is 0. The first kappa shape index (κ1) is 37.2. The highest BCUT2D eigenvalue weighted by Gasteiger charge is 2.42. The molecule has 0 amide bonds. The monoisotopic (exact) mass is 613 g/mol. The summed E-state index contributed by atoms with van der Waals surface area (Å²) in [5.74, 6) is 0.972. The van der Waals surface area contributed by atoms with Gasteiger partial charge in [0.1, 0.15) is 23.4 Å². The Labute approximate surface area is 251 Å². The van der Waals surface area contributed by atoms with E-state index in [2.05, 4.69) is 33.3 Å². The van der Waals surface area contributed by atoms with Crippen LogP contribution in [0, 0.1) is 0 Å². The van der Waals surface area contributed by atoms with E-state index in [1.54, 1.807) is 54.7 Å². The molecular weight excluding hydrogens is 569 g/mol. The van der Waals surface area contributed by atoms with Crippen molar-refractivity contribution in [3.63, 3.8) is 0 Å². The molecule has 8 nitrogen and oxygen atoms in total. The zero-order chi connectivity index (χ0) is 32.4. The van der Waals surface area contributed by atoms with Gasteiger partial charge in [-0.15, -0.1) is 6.58 Å². The fourth-order valence-corrected chi connectivity index (χ4v) is 3.92. The predicted molar refractivity (Wildman–Crippen MR) is 161 cm³/mol. The first-order valence-electron chi connectivity index (χ1n) is 14.0. The van der Waals surface area contributed by atoms with Gasteiger partial charge < -0.3 is 20.7 Å². The van der Waals surface area contributed by atoms with Gasteiger partial charge >= 0.3 is 6.18 Å². The number of nitrogens with one attached hydrogen (secondary N) is 1. The molecule has 2 aliphatic rings. The second kappa shape index (κ2) is 19.3. The molecule has 13 heteroatoms. The summed E-state index contributed by atoms with van der Waals surface area (Å²) in [6.45, 7) is 14.4. The molecule has 240 valence electrons. The van der Waals surface area contributed by atoms with Gasteiger partial charge in [-0.1, -0.05) is 37.1 Å². The highest BCUT2D eigenvalue weighted by Crippen LogP contribution is 2.27. The summed E-state index contributed by atoms with van der Waals surface area (Å²) in [7, 11) is 1.63. The highest BCUT2D eigenvalue weighted by atomic mass is 19.4. The number of hydrogen-bond acceptors (Lipinski definition) is 8. The van der Waals surface area contributed by atoms with Crippen LogP contribution in [-0.2, 0) is 11.3 Å². The third-order valence-corrected chi connectivity index (χ3v) is 5.96. The van der Waals surface area contributed by atoms with Crippen LogP contribution in [0.2, 0.25) is 0 Å². The van der Waals surface area contributed by atoms with Crippen LogP contribution in [0.1, 0.15) is 39.2 Å². The Morgan fingerprint density at radius 2 is 1.84 bits per heavy atom. The first-order chi connectivity index (χ1) is 20.5. The van der Waals surface area contributed by atoms with Crippen LogP contribution in [-0.4, -0.2) is 76.6 Å². The molecule has 0 saturated carbocycles. The third-order valence-electron chi connectivity index (χ3n) is 5.96. The minimum atomic E-state index is -5.14. The molecule has 0 bridgehead atoms. The number of nitrogen functional groups attached to an aromatic ring is 1. The number of likely N-dealkylation sites (N-methyl/N-ethyl adjacent to an activating group) is 1. The van der Waals surface area contributed by atoms with Gasteiger partial charge in [-0.05, 0) is 44.1 Å². The van der Waals surface area contributed by atoms with Gasteiger partial charge in [0.2, 0.25) is 12.1 Å². The molecule has 0 spiro atoms. The SMILES string of the molecule is C=C/C(=C\C=C\NC1=C(N(F)CC(F)C(F)(F)F)C=CCN1C)OC1CCN(Cc2cnc(N)nc2)CC1.C=CC.CC. The number of likely N-dealkylation sites (tertiary alicyclic amines) is 1. The molecule has 1 saturated heterocycles. The largest absolute Gasteiger partial charge is 0.490 e. The van der Waals surface area contributed by atoms with E-state index in [1.807, 2.05) is 20.8 Å². The van der Waals surface area contributed by atoms with E-state index in [1.165, 1.54) is 12.3 Å². The molecule has 1 aromatic rings. The zero-order valence-corrected chi connectivity index (χ0v) is 25.3. The van der Waals surface area contributed by atoms with Crippen molar-refractivity contribution in [3.05, 3.63) is 91.0 Å². The topological polar surface area (TPSA) is 82.8 Å². The lowest BCUT2D eigenvalue weighted by atomic mass is 10.1. The van der Waals surface area contributed by atoms with Crippen molar-refractivity contribution < 1.29 is 26.8 Å². The normalized spacial score (nSPS) is 17.0. The van der Waals surface area contributed by atoms with Crippen molar-refractivity contribution >= 4 is 5.95 Å². The van der Waals surface area contributed by atoms with E-state index >= 15 is 0 Å². The average molecular weight is 614 g/mol. The maximum absolute atomic E-state index is 14.4. The summed E-state index contributed by atoms with van der Waals surface area (Å²) in [5, 5.41) is 2.61. The predicted octanol–water partition coefficient (Wildman–Crippen LogP) is 6.19. The molecular formula is C30H44F5N7O. The van der Waals surface area contributed by atoms with E-state index in [-0.39, 0.29) is 28.7 Å². The van der Waals surface area contributed by atoms with Crippen molar-refractivity contribution in [2.75, 3.05) is 39.0 Å².